The Morgan fingerprint density at radius 3 is 2.09 bits per heavy atom. The van der Waals surface area contributed by atoms with Crippen LogP contribution in [0.2, 0.25) is 0 Å². The number of rotatable bonds is 14. The monoisotopic (exact) mass is 582 g/mol. The maximum absolute atomic E-state index is 13.9. The molecule has 4 N–H and O–H groups in total. The number of aromatic amines is 1. The molecule has 0 spiro atoms. The molecule has 0 saturated heterocycles. The summed E-state index contributed by atoms with van der Waals surface area (Å²) in [5.74, 6) is -0.913. The van der Waals surface area contributed by atoms with Crippen LogP contribution in [-0.4, -0.2) is 40.9 Å². The van der Waals surface area contributed by atoms with Gasteiger partial charge in [0.15, 0.2) is 0 Å². The molecule has 8 nitrogen and oxygen atoms in total. The first-order valence-corrected chi connectivity index (χ1v) is 14.9. The van der Waals surface area contributed by atoms with Crippen LogP contribution < -0.4 is 16.0 Å². The summed E-state index contributed by atoms with van der Waals surface area (Å²) in [6.45, 7) is 7.77. The number of esters is 1. The third kappa shape index (κ3) is 9.03. The van der Waals surface area contributed by atoms with Gasteiger partial charge in [0, 0.05) is 17.1 Å². The van der Waals surface area contributed by atoms with Crippen molar-refractivity contribution >= 4 is 28.7 Å². The van der Waals surface area contributed by atoms with Crippen LogP contribution in [0.1, 0.15) is 56.8 Å². The van der Waals surface area contributed by atoms with Crippen molar-refractivity contribution in [2.75, 3.05) is 0 Å². The Morgan fingerprint density at radius 2 is 1.40 bits per heavy atom. The second-order valence-electron chi connectivity index (χ2n) is 11.4. The Labute approximate surface area is 253 Å². The van der Waals surface area contributed by atoms with Crippen molar-refractivity contribution < 1.29 is 19.1 Å². The number of ether oxygens (including phenoxy) is 1. The van der Waals surface area contributed by atoms with Gasteiger partial charge in [0.05, 0.1) is 12.1 Å². The zero-order chi connectivity index (χ0) is 30.8. The number of aromatic nitrogens is 1. The van der Waals surface area contributed by atoms with Crippen molar-refractivity contribution in [1.82, 2.24) is 20.9 Å². The summed E-state index contributed by atoms with van der Waals surface area (Å²) >= 11 is 0. The fourth-order valence-electron chi connectivity index (χ4n) is 5.09. The van der Waals surface area contributed by atoms with E-state index in [1.54, 1.807) is 6.92 Å². The molecule has 4 atom stereocenters. The van der Waals surface area contributed by atoms with Crippen molar-refractivity contribution in [2.45, 2.75) is 71.3 Å². The molecule has 4 aromatic rings. The van der Waals surface area contributed by atoms with E-state index in [9.17, 15) is 14.4 Å². The van der Waals surface area contributed by atoms with Gasteiger partial charge in [-0.25, -0.2) is 0 Å². The minimum Gasteiger partial charge on any atom is -0.460 e. The standard InChI is InChI=1S/C35H42N4O4/c1-23(2)19-31(33(40)38-24(3)27-15-9-6-10-16-27)39-34(41)32(20-28-21-36-30-18-12-11-17-29(28)30)37-25(4)35(42)43-22-26-13-7-5-8-14-26/h5-18,21,23-25,31-32,36-37H,19-20,22H2,1-4H3,(H,38,40)(H,39,41)/t24-,25-,31+,32+/m1/s1. The zero-order valence-corrected chi connectivity index (χ0v) is 25.3. The summed E-state index contributed by atoms with van der Waals surface area (Å²) < 4.78 is 5.53. The van der Waals surface area contributed by atoms with Gasteiger partial charge < -0.3 is 20.4 Å². The first-order valence-electron chi connectivity index (χ1n) is 14.9. The topological polar surface area (TPSA) is 112 Å². The van der Waals surface area contributed by atoms with Crippen molar-refractivity contribution in [2.24, 2.45) is 5.92 Å². The zero-order valence-electron chi connectivity index (χ0n) is 25.3. The number of hydrogen-bond acceptors (Lipinski definition) is 5. The van der Waals surface area contributed by atoms with E-state index in [0.717, 1.165) is 27.6 Å². The summed E-state index contributed by atoms with van der Waals surface area (Å²) in [6, 6.07) is 24.5. The molecular weight excluding hydrogens is 540 g/mol. The van der Waals surface area contributed by atoms with Crippen LogP contribution in [0, 0.1) is 5.92 Å². The molecule has 0 radical (unpaired) electrons. The van der Waals surface area contributed by atoms with Crippen molar-refractivity contribution in [3.63, 3.8) is 0 Å². The maximum Gasteiger partial charge on any atom is 0.323 e. The van der Waals surface area contributed by atoms with Crippen LogP contribution in [-0.2, 0) is 32.1 Å². The number of hydrogen-bond donors (Lipinski definition) is 4. The van der Waals surface area contributed by atoms with E-state index in [-0.39, 0.29) is 30.4 Å². The summed E-state index contributed by atoms with van der Waals surface area (Å²) in [5, 5.41) is 10.2. The summed E-state index contributed by atoms with van der Waals surface area (Å²) in [7, 11) is 0. The molecule has 1 heterocycles. The van der Waals surface area contributed by atoms with Crippen molar-refractivity contribution in [3.8, 4) is 0 Å². The Hall–Kier alpha value is -4.43. The van der Waals surface area contributed by atoms with Gasteiger partial charge in [-0.2, -0.15) is 0 Å². The molecule has 226 valence electrons. The predicted octanol–water partition coefficient (Wildman–Crippen LogP) is 5.21. The molecular formula is C35H42N4O4. The van der Waals surface area contributed by atoms with Gasteiger partial charge in [-0.05, 0) is 55.4 Å². The smallest absolute Gasteiger partial charge is 0.323 e. The van der Waals surface area contributed by atoms with Crippen molar-refractivity contribution in [3.05, 3.63) is 108 Å². The van der Waals surface area contributed by atoms with Crippen LogP contribution in [0.15, 0.2) is 91.1 Å². The molecule has 4 rings (SSSR count). The van der Waals surface area contributed by atoms with E-state index in [1.807, 2.05) is 112 Å². The molecule has 43 heavy (non-hydrogen) atoms. The fourth-order valence-corrected chi connectivity index (χ4v) is 5.09. The third-order valence-electron chi connectivity index (χ3n) is 7.44. The first-order chi connectivity index (χ1) is 20.7. The normalized spacial score (nSPS) is 14.1. The molecule has 3 aromatic carbocycles. The van der Waals surface area contributed by atoms with E-state index >= 15 is 0 Å². The lowest BCUT2D eigenvalue weighted by atomic mass is 9.99. The van der Waals surface area contributed by atoms with E-state index in [2.05, 4.69) is 20.9 Å². The Bertz CT molecular complexity index is 1490. The SMILES string of the molecule is CC(C)C[C@H](NC(=O)[C@H](Cc1c[nH]c2ccccc12)N[C@H](C)C(=O)OCc1ccccc1)C(=O)N[C@H](C)c1ccccc1. The largest absolute Gasteiger partial charge is 0.460 e. The molecule has 0 fully saturated rings. The number of para-hydroxylation sites is 1. The van der Waals surface area contributed by atoms with E-state index < -0.39 is 24.1 Å². The Morgan fingerprint density at radius 1 is 0.767 bits per heavy atom. The van der Waals surface area contributed by atoms with Gasteiger partial charge in [-0.3, -0.25) is 19.7 Å². The average molecular weight is 583 g/mol. The number of carbonyl (C=O) groups excluding carboxylic acids is 3. The lowest BCUT2D eigenvalue weighted by Crippen LogP contribution is -2.56. The van der Waals surface area contributed by atoms with E-state index in [1.165, 1.54) is 0 Å². The highest BCUT2D eigenvalue weighted by Crippen LogP contribution is 2.20. The van der Waals surface area contributed by atoms with Gasteiger partial charge >= 0.3 is 5.97 Å². The lowest BCUT2D eigenvalue weighted by Gasteiger charge is -2.27. The number of nitrogens with one attached hydrogen (secondary N) is 4. The van der Waals surface area contributed by atoms with Gasteiger partial charge in [0.1, 0.15) is 18.7 Å². The molecule has 1 aromatic heterocycles. The average Bonchev–Trinajstić information content (AvgIpc) is 3.42. The Balaban J connectivity index is 1.50. The van der Waals surface area contributed by atoms with Crippen molar-refractivity contribution in [1.29, 1.82) is 0 Å². The van der Waals surface area contributed by atoms with Crippen LogP contribution in [0.3, 0.4) is 0 Å². The molecule has 0 aliphatic heterocycles. The van der Waals surface area contributed by atoms with E-state index in [0.29, 0.717) is 12.8 Å². The highest BCUT2D eigenvalue weighted by atomic mass is 16.5. The highest BCUT2D eigenvalue weighted by Gasteiger charge is 2.30. The first kappa shape index (κ1) is 31.5. The third-order valence-corrected chi connectivity index (χ3v) is 7.44. The minimum atomic E-state index is -0.799. The number of fused-ring (bicyclic) bond motifs is 1. The molecule has 8 heteroatoms. The van der Waals surface area contributed by atoms with Gasteiger partial charge in [-0.1, -0.05) is 92.7 Å². The number of carbonyl (C=O) groups is 3. The Kier molecular flexibility index (Phi) is 11.1. The van der Waals surface area contributed by atoms with Crippen LogP contribution >= 0.6 is 0 Å². The fraction of sp³-hybridized carbons (Fsp3) is 0.343. The summed E-state index contributed by atoms with van der Waals surface area (Å²) in [5.41, 5.74) is 3.74. The lowest BCUT2D eigenvalue weighted by molar-refractivity contribution is -0.147. The predicted molar refractivity (Wildman–Crippen MR) is 169 cm³/mol. The van der Waals surface area contributed by atoms with Crippen LogP contribution in [0.4, 0.5) is 0 Å². The molecule has 2 amide bonds. The number of H-pyrrole nitrogens is 1. The molecule has 0 aliphatic carbocycles. The van der Waals surface area contributed by atoms with Gasteiger partial charge in [0.25, 0.3) is 0 Å². The maximum atomic E-state index is 13.9. The second kappa shape index (κ2) is 15.2. The van der Waals surface area contributed by atoms with Gasteiger partial charge in [-0.15, -0.1) is 0 Å². The number of amides is 2. The number of benzene rings is 3. The molecule has 0 unspecified atom stereocenters. The van der Waals surface area contributed by atoms with E-state index in [4.69, 9.17) is 4.74 Å². The van der Waals surface area contributed by atoms with Crippen LogP contribution in [0.5, 0.6) is 0 Å². The minimum absolute atomic E-state index is 0.140. The quantitative estimate of drug-likeness (QED) is 0.153. The molecule has 0 aliphatic rings. The highest BCUT2D eigenvalue weighted by molar-refractivity contribution is 5.91. The van der Waals surface area contributed by atoms with Crippen LogP contribution in [0.25, 0.3) is 10.9 Å². The second-order valence-corrected chi connectivity index (χ2v) is 11.4. The summed E-state index contributed by atoms with van der Waals surface area (Å²) in [4.78, 5) is 43.5. The summed E-state index contributed by atoms with van der Waals surface area (Å²) in [6.07, 6.45) is 2.65. The van der Waals surface area contributed by atoms with Gasteiger partial charge in [0.2, 0.25) is 11.8 Å². The molecule has 0 bridgehead atoms. The molecule has 0 saturated carbocycles.